The van der Waals surface area contributed by atoms with E-state index < -0.39 is 7.60 Å². The van der Waals surface area contributed by atoms with Gasteiger partial charge < -0.3 is 9.42 Å². The van der Waals surface area contributed by atoms with Crippen LogP contribution in [-0.4, -0.2) is 26.9 Å². The lowest BCUT2D eigenvalue weighted by molar-refractivity contribution is -0.733. The second kappa shape index (κ2) is 3.87. The van der Waals surface area contributed by atoms with Gasteiger partial charge in [0.1, 0.15) is 5.30 Å². The summed E-state index contributed by atoms with van der Waals surface area (Å²) in [6.07, 6.45) is 1.52. The number of aryl methyl sites for hydroxylation is 2. The van der Waals surface area contributed by atoms with Crippen LogP contribution in [0.2, 0.25) is 0 Å². The molecule has 0 aromatic carbocycles. The highest BCUT2D eigenvalue weighted by Gasteiger charge is 2.33. The molecule has 2 rings (SSSR count). The van der Waals surface area contributed by atoms with Gasteiger partial charge in [0.25, 0.3) is 0 Å². The first kappa shape index (κ1) is 12.2. The molecule has 7 nitrogen and oxygen atoms in total. The fourth-order valence-corrected chi connectivity index (χ4v) is 2.93. The van der Waals surface area contributed by atoms with Gasteiger partial charge in [-0.2, -0.15) is 5.10 Å². The van der Waals surface area contributed by atoms with Crippen LogP contribution >= 0.6 is 7.60 Å². The van der Waals surface area contributed by atoms with Crippen molar-refractivity contribution in [3.63, 3.8) is 0 Å². The highest BCUT2D eigenvalue weighted by atomic mass is 31.2. The monoisotopic (exact) mass is 257 g/mol. The number of aromatic nitrogens is 4. The Hall–Kier alpha value is -1.30. The fourth-order valence-electron chi connectivity index (χ4n) is 1.73. The normalized spacial score (nSPS) is 15.1. The summed E-state index contributed by atoms with van der Waals surface area (Å²) in [4.78, 5) is 9.86. The maximum absolute atomic E-state index is 12.0. The molecule has 17 heavy (non-hydrogen) atoms. The van der Waals surface area contributed by atoms with E-state index >= 15 is 0 Å². The molecule has 1 unspecified atom stereocenters. The van der Waals surface area contributed by atoms with Crippen molar-refractivity contribution in [1.29, 1.82) is 0 Å². The predicted octanol–water partition coefficient (Wildman–Crippen LogP) is -0.442. The van der Waals surface area contributed by atoms with Crippen LogP contribution in [0.5, 0.6) is 0 Å². The molecule has 0 aliphatic heterocycles. The molecule has 0 amide bonds. The third kappa shape index (κ3) is 1.76. The molecule has 2 heterocycles. The largest absolute Gasteiger partial charge is 0.365 e. The first-order valence-electron chi connectivity index (χ1n) is 4.96. The molecule has 0 fully saturated rings. The van der Waals surface area contributed by atoms with E-state index in [1.165, 1.54) is 13.3 Å². The molecule has 1 N–H and O–H groups in total. The summed E-state index contributed by atoms with van der Waals surface area (Å²) in [6.45, 7) is 1.72. The lowest BCUT2D eigenvalue weighted by atomic mass is 10.3. The molecular weight excluding hydrogens is 243 g/mol. The number of hydrogen-bond donors (Lipinski definition) is 1. The van der Waals surface area contributed by atoms with Crippen LogP contribution in [0.1, 0.15) is 5.69 Å². The van der Waals surface area contributed by atoms with Gasteiger partial charge in [0.05, 0.1) is 11.6 Å². The summed E-state index contributed by atoms with van der Waals surface area (Å²) >= 11 is 0. The molecular formula is C9H14N4O3P+. The predicted molar refractivity (Wildman–Crippen MR) is 60.9 cm³/mol. The summed E-state index contributed by atoms with van der Waals surface area (Å²) in [5.41, 5.74) is 1.12. The van der Waals surface area contributed by atoms with Crippen molar-refractivity contribution in [2.24, 2.45) is 14.1 Å². The van der Waals surface area contributed by atoms with Crippen molar-refractivity contribution in [3.05, 3.63) is 11.9 Å². The van der Waals surface area contributed by atoms with Gasteiger partial charge >= 0.3 is 7.60 Å². The van der Waals surface area contributed by atoms with Crippen molar-refractivity contribution in [3.8, 4) is 0 Å². The van der Waals surface area contributed by atoms with E-state index in [9.17, 15) is 9.46 Å². The molecule has 92 valence electrons. The van der Waals surface area contributed by atoms with Gasteiger partial charge in [-0.25, -0.2) is 4.68 Å². The van der Waals surface area contributed by atoms with Gasteiger partial charge in [-0.1, -0.05) is 4.68 Å². The molecule has 2 aromatic rings. The minimum Gasteiger partial charge on any atom is -0.321 e. The van der Waals surface area contributed by atoms with E-state index in [2.05, 4.69) is 10.2 Å². The number of fused-ring (bicyclic) bond motifs is 1. The van der Waals surface area contributed by atoms with Gasteiger partial charge in [-0.15, -0.1) is 0 Å². The van der Waals surface area contributed by atoms with Crippen molar-refractivity contribution in [2.75, 3.05) is 7.11 Å². The van der Waals surface area contributed by atoms with Crippen molar-refractivity contribution in [2.45, 2.75) is 6.92 Å². The maximum Gasteiger partial charge on any atom is 0.365 e. The van der Waals surface area contributed by atoms with Crippen molar-refractivity contribution < 1.29 is 18.7 Å². The molecule has 0 saturated heterocycles. The number of hydrogen-bond acceptors (Lipinski definition) is 4. The molecule has 0 bridgehead atoms. The zero-order chi connectivity index (χ0) is 12.8. The van der Waals surface area contributed by atoms with E-state index in [1.807, 2.05) is 0 Å². The Morgan fingerprint density at radius 1 is 1.59 bits per heavy atom. The maximum atomic E-state index is 12.0. The van der Waals surface area contributed by atoms with Crippen LogP contribution in [0.25, 0.3) is 11.0 Å². The Bertz CT molecular complexity index is 637. The quantitative estimate of drug-likeness (QED) is 0.582. The molecule has 0 saturated carbocycles. The van der Waals surface area contributed by atoms with E-state index in [1.54, 1.807) is 30.4 Å². The summed E-state index contributed by atoms with van der Waals surface area (Å²) in [6, 6.07) is 0. The van der Waals surface area contributed by atoms with Crippen LogP contribution in [-0.2, 0) is 23.2 Å². The second-order valence-corrected chi connectivity index (χ2v) is 5.62. The highest BCUT2D eigenvalue weighted by molar-refractivity contribution is 7.61. The Morgan fingerprint density at radius 2 is 2.24 bits per heavy atom. The molecule has 2 aromatic heterocycles. The summed E-state index contributed by atoms with van der Waals surface area (Å²) in [7, 11) is 0.809. The minimum atomic E-state index is -3.84. The first-order valence-corrected chi connectivity index (χ1v) is 6.54. The first-order chi connectivity index (χ1) is 7.88. The summed E-state index contributed by atoms with van der Waals surface area (Å²) in [5.74, 6) is 0. The van der Waals surface area contributed by atoms with E-state index in [4.69, 9.17) is 4.52 Å². The van der Waals surface area contributed by atoms with Gasteiger partial charge in [-0.05, 0) is 0 Å². The summed E-state index contributed by atoms with van der Waals surface area (Å²) < 4.78 is 19.8. The average molecular weight is 257 g/mol. The molecule has 0 aliphatic rings. The Labute approximate surface area is 98.2 Å². The second-order valence-electron chi connectivity index (χ2n) is 3.77. The smallest absolute Gasteiger partial charge is 0.321 e. The van der Waals surface area contributed by atoms with Gasteiger partial charge in [0.2, 0.25) is 11.3 Å². The van der Waals surface area contributed by atoms with E-state index in [-0.39, 0.29) is 5.30 Å². The molecule has 1 atom stereocenters. The van der Waals surface area contributed by atoms with Crippen LogP contribution in [0.4, 0.5) is 0 Å². The van der Waals surface area contributed by atoms with Crippen molar-refractivity contribution >= 4 is 23.9 Å². The fraction of sp³-hybridized carbons (Fsp3) is 0.444. The molecule has 0 radical (unpaired) electrons. The minimum absolute atomic E-state index is 0.251. The third-order valence-electron chi connectivity index (χ3n) is 2.77. The van der Waals surface area contributed by atoms with Crippen LogP contribution in [0.3, 0.4) is 0 Å². The average Bonchev–Trinajstić information content (AvgIpc) is 2.61. The van der Waals surface area contributed by atoms with Crippen molar-refractivity contribution in [1.82, 2.24) is 14.9 Å². The molecule has 0 spiro atoms. The highest BCUT2D eigenvalue weighted by Crippen LogP contribution is 2.41. The Kier molecular flexibility index (Phi) is 2.77. The SMILES string of the molecule is COP(=O)(O)c1c(C)[n+](C)nc2c1cnn2C. The standard InChI is InChI=1S/C9H13N4O3P/c1-6-8(17(14,15)16-4)7-5-10-13(3)9(7)11-12(6)2/h5H,1-4H3/p+1. The Morgan fingerprint density at radius 3 is 2.82 bits per heavy atom. The van der Waals surface area contributed by atoms with Crippen LogP contribution < -0.4 is 9.99 Å². The van der Waals surface area contributed by atoms with Crippen LogP contribution in [0.15, 0.2) is 6.20 Å². The van der Waals surface area contributed by atoms with E-state index in [0.717, 1.165) is 0 Å². The lowest BCUT2D eigenvalue weighted by Crippen LogP contribution is -2.42. The van der Waals surface area contributed by atoms with E-state index in [0.29, 0.717) is 16.7 Å². The van der Waals surface area contributed by atoms with Gasteiger partial charge in [0.15, 0.2) is 7.05 Å². The summed E-state index contributed by atoms with van der Waals surface area (Å²) in [5, 5.41) is 9.10. The lowest BCUT2D eigenvalue weighted by Gasteiger charge is -2.10. The zero-order valence-corrected chi connectivity index (χ0v) is 11.0. The molecule has 8 heteroatoms. The zero-order valence-electron chi connectivity index (χ0n) is 10.1. The third-order valence-corrected chi connectivity index (χ3v) is 4.39. The number of nitrogens with zero attached hydrogens (tertiary/aromatic N) is 4. The Balaban J connectivity index is 2.94. The van der Waals surface area contributed by atoms with Gasteiger partial charge in [-0.3, -0.25) is 4.57 Å². The molecule has 0 aliphatic carbocycles. The van der Waals surface area contributed by atoms with Crippen LogP contribution in [0, 0.1) is 6.92 Å². The topological polar surface area (TPSA) is 81.1 Å². The van der Waals surface area contributed by atoms with Gasteiger partial charge in [0, 0.05) is 26.2 Å². The number of rotatable bonds is 2.